The summed E-state index contributed by atoms with van der Waals surface area (Å²) in [7, 11) is 1.68. The van der Waals surface area contributed by atoms with Crippen molar-refractivity contribution in [2.45, 2.75) is 47.0 Å². The van der Waals surface area contributed by atoms with Gasteiger partial charge in [0, 0.05) is 5.41 Å². The van der Waals surface area contributed by atoms with Gasteiger partial charge in [-0.3, -0.25) is 0 Å². The zero-order valence-corrected chi connectivity index (χ0v) is 16.0. The maximum Gasteiger partial charge on any atom is 0.118 e. The van der Waals surface area contributed by atoms with E-state index in [-0.39, 0.29) is 5.41 Å². The number of hydrogen-bond donors (Lipinski definition) is 0. The van der Waals surface area contributed by atoms with Crippen molar-refractivity contribution in [3.05, 3.63) is 78.9 Å². The zero-order valence-electron chi connectivity index (χ0n) is 16.0. The lowest BCUT2D eigenvalue weighted by Crippen LogP contribution is -2.19. The van der Waals surface area contributed by atoms with Crippen LogP contribution in [-0.2, 0) is 5.41 Å². The van der Waals surface area contributed by atoms with Crippen molar-refractivity contribution in [1.82, 2.24) is 0 Å². The minimum absolute atomic E-state index is 0.0973. The molecule has 0 aliphatic carbocycles. The number of hydrogen-bond acceptors (Lipinski definition) is 1. The first-order valence-corrected chi connectivity index (χ1v) is 8.33. The van der Waals surface area contributed by atoms with E-state index < -0.39 is 0 Å². The van der Waals surface area contributed by atoms with Crippen molar-refractivity contribution < 1.29 is 4.74 Å². The molecule has 0 radical (unpaired) electrons. The first kappa shape index (κ1) is 23.2. The number of allylic oxidation sites excluding steroid dienone is 6. The van der Waals surface area contributed by atoms with E-state index in [1.54, 1.807) is 13.2 Å². The second kappa shape index (κ2) is 13.6. The molecule has 128 valence electrons. The molecule has 0 bridgehead atoms. The molecule has 0 atom stereocenters. The number of benzene rings is 1. The van der Waals surface area contributed by atoms with E-state index in [2.05, 4.69) is 45.2 Å². The van der Waals surface area contributed by atoms with Crippen LogP contribution in [0.1, 0.15) is 47.1 Å². The maximum atomic E-state index is 5.20. The fraction of sp³-hybridized carbons (Fsp3) is 0.364. The summed E-state index contributed by atoms with van der Waals surface area (Å²) in [6.07, 6.45) is 9.64. The Bertz CT molecular complexity index is 487. The average Bonchev–Trinajstić information content (AvgIpc) is 2.62. The molecule has 0 unspecified atom stereocenters. The Labute approximate surface area is 144 Å². The van der Waals surface area contributed by atoms with Crippen molar-refractivity contribution >= 4 is 0 Å². The standard InChI is InChI=1S/C18H22O.2C2H6/c1-6-8-10-15(9-7-2)18(3,4)16-11-13-17(19-5)14-12-16;2*1-2/h6-14H,1-2H2,3-5H3;2*1-2H3/b10-8-,15-9+;;. The molecule has 0 aromatic heterocycles. The van der Waals surface area contributed by atoms with Gasteiger partial charge >= 0.3 is 0 Å². The number of ether oxygens (including phenoxy) is 1. The summed E-state index contributed by atoms with van der Waals surface area (Å²) in [4.78, 5) is 0. The van der Waals surface area contributed by atoms with Crippen LogP contribution in [0, 0.1) is 0 Å². The lowest BCUT2D eigenvalue weighted by atomic mass is 9.77. The summed E-state index contributed by atoms with van der Waals surface area (Å²) in [6.45, 7) is 19.9. The third-order valence-corrected chi connectivity index (χ3v) is 3.24. The van der Waals surface area contributed by atoms with Crippen molar-refractivity contribution in [2.24, 2.45) is 0 Å². The highest BCUT2D eigenvalue weighted by Gasteiger charge is 2.23. The van der Waals surface area contributed by atoms with Crippen LogP contribution in [0.15, 0.2) is 73.4 Å². The SMILES string of the molecule is C=C/C=C\C(=C/C=C)C(C)(C)c1ccc(OC)cc1.CC.CC. The molecule has 0 N–H and O–H groups in total. The van der Waals surface area contributed by atoms with Gasteiger partial charge in [-0.15, -0.1) is 0 Å². The quantitative estimate of drug-likeness (QED) is 0.520. The Morgan fingerprint density at radius 2 is 1.48 bits per heavy atom. The molecule has 1 rings (SSSR count). The summed E-state index contributed by atoms with van der Waals surface area (Å²) in [6, 6.07) is 8.16. The highest BCUT2D eigenvalue weighted by molar-refractivity contribution is 5.43. The fourth-order valence-electron chi connectivity index (χ4n) is 1.95. The molecule has 0 spiro atoms. The first-order valence-electron chi connectivity index (χ1n) is 8.33. The summed E-state index contributed by atoms with van der Waals surface area (Å²) in [5.74, 6) is 0.871. The van der Waals surface area contributed by atoms with Gasteiger partial charge in [0.25, 0.3) is 0 Å². The third kappa shape index (κ3) is 7.69. The molecular formula is C22H34O. The monoisotopic (exact) mass is 314 g/mol. The van der Waals surface area contributed by atoms with Crippen molar-refractivity contribution in [1.29, 1.82) is 0 Å². The summed E-state index contributed by atoms with van der Waals surface area (Å²) >= 11 is 0. The largest absolute Gasteiger partial charge is 0.497 e. The van der Waals surface area contributed by atoms with Gasteiger partial charge in [-0.2, -0.15) is 0 Å². The summed E-state index contributed by atoms with van der Waals surface area (Å²) < 4.78 is 5.20. The predicted octanol–water partition coefficient (Wildman–Crippen LogP) is 6.88. The van der Waals surface area contributed by atoms with Crippen LogP contribution in [0.3, 0.4) is 0 Å². The molecule has 0 saturated carbocycles. The molecule has 1 nitrogen and oxygen atoms in total. The second-order valence-electron chi connectivity index (χ2n) is 4.81. The molecule has 1 heteroatoms. The first-order chi connectivity index (χ1) is 11.1. The minimum atomic E-state index is -0.0973. The van der Waals surface area contributed by atoms with Crippen LogP contribution in [0.2, 0.25) is 0 Å². The zero-order chi connectivity index (χ0) is 18.3. The molecule has 1 aromatic carbocycles. The van der Waals surface area contributed by atoms with Crippen LogP contribution < -0.4 is 4.74 Å². The van der Waals surface area contributed by atoms with Gasteiger partial charge < -0.3 is 4.74 Å². The van der Waals surface area contributed by atoms with Gasteiger partial charge in [0.05, 0.1) is 7.11 Å². The van der Waals surface area contributed by atoms with Gasteiger partial charge in [-0.1, -0.05) is 97.2 Å². The molecule has 1 aromatic rings. The van der Waals surface area contributed by atoms with Crippen LogP contribution >= 0.6 is 0 Å². The summed E-state index contributed by atoms with van der Waals surface area (Å²) in [5, 5.41) is 0. The molecule has 0 aliphatic rings. The van der Waals surface area contributed by atoms with Crippen LogP contribution in [0.5, 0.6) is 5.75 Å². The smallest absolute Gasteiger partial charge is 0.118 e. The fourth-order valence-corrected chi connectivity index (χ4v) is 1.95. The molecule has 0 heterocycles. The topological polar surface area (TPSA) is 9.23 Å². The van der Waals surface area contributed by atoms with Crippen molar-refractivity contribution in [2.75, 3.05) is 7.11 Å². The van der Waals surface area contributed by atoms with Gasteiger partial charge in [0.2, 0.25) is 0 Å². The van der Waals surface area contributed by atoms with Crippen LogP contribution in [0.25, 0.3) is 0 Å². The van der Waals surface area contributed by atoms with Gasteiger partial charge in [-0.25, -0.2) is 0 Å². The van der Waals surface area contributed by atoms with Crippen molar-refractivity contribution in [3.8, 4) is 5.75 Å². The molecular weight excluding hydrogens is 280 g/mol. The van der Waals surface area contributed by atoms with E-state index in [1.807, 2.05) is 58.1 Å². The van der Waals surface area contributed by atoms with E-state index in [0.29, 0.717) is 0 Å². The minimum Gasteiger partial charge on any atom is -0.497 e. The molecule has 0 amide bonds. The van der Waals surface area contributed by atoms with Crippen LogP contribution in [-0.4, -0.2) is 7.11 Å². The highest BCUT2D eigenvalue weighted by Crippen LogP contribution is 2.33. The molecule has 23 heavy (non-hydrogen) atoms. The van der Waals surface area contributed by atoms with E-state index in [9.17, 15) is 0 Å². The van der Waals surface area contributed by atoms with E-state index in [1.165, 1.54) is 11.1 Å². The van der Waals surface area contributed by atoms with Crippen LogP contribution in [0.4, 0.5) is 0 Å². The average molecular weight is 315 g/mol. The maximum absolute atomic E-state index is 5.20. The van der Waals surface area contributed by atoms with E-state index in [4.69, 9.17) is 4.74 Å². The number of rotatable bonds is 6. The molecule has 0 fully saturated rings. The Morgan fingerprint density at radius 1 is 0.957 bits per heavy atom. The van der Waals surface area contributed by atoms with Gasteiger partial charge in [0.15, 0.2) is 0 Å². The Kier molecular flexibility index (Phi) is 13.8. The van der Waals surface area contributed by atoms with Gasteiger partial charge in [0.1, 0.15) is 5.75 Å². The van der Waals surface area contributed by atoms with E-state index >= 15 is 0 Å². The Balaban J connectivity index is 0. The second-order valence-corrected chi connectivity index (χ2v) is 4.81. The third-order valence-electron chi connectivity index (χ3n) is 3.24. The molecule has 0 aliphatic heterocycles. The molecule has 0 saturated heterocycles. The Hall–Kier alpha value is -2.02. The highest BCUT2D eigenvalue weighted by atomic mass is 16.5. The van der Waals surface area contributed by atoms with Crippen molar-refractivity contribution in [3.63, 3.8) is 0 Å². The Morgan fingerprint density at radius 3 is 1.87 bits per heavy atom. The lowest BCUT2D eigenvalue weighted by Gasteiger charge is -2.27. The lowest BCUT2D eigenvalue weighted by molar-refractivity contribution is 0.414. The summed E-state index contributed by atoms with van der Waals surface area (Å²) in [5.41, 5.74) is 2.32. The van der Waals surface area contributed by atoms with Gasteiger partial charge in [-0.05, 0) is 23.3 Å². The predicted molar refractivity (Wildman–Crippen MR) is 106 cm³/mol. The van der Waals surface area contributed by atoms with E-state index in [0.717, 1.165) is 5.75 Å². The normalized spacial score (nSPS) is 10.8. The number of methoxy groups -OCH3 is 1.